The number of benzene rings is 1. The molecule has 0 aliphatic carbocycles. The van der Waals surface area contributed by atoms with Crippen LogP contribution in [0.2, 0.25) is 5.02 Å². The molecule has 0 aromatic heterocycles. The van der Waals surface area contributed by atoms with E-state index in [1.807, 2.05) is 6.92 Å². The molecule has 2 fully saturated rings. The van der Waals surface area contributed by atoms with Crippen molar-refractivity contribution < 1.29 is 24.0 Å². The molecular weight excluding hydrogens is 384 g/mol. The molecule has 0 spiro atoms. The highest BCUT2D eigenvalue weighted by molar-refractivity contribution is 6.34. The molecule has 4 amide bonds. The first kappa shape index (κ1) is 20.4. The van der Waals surface area contributed by atoms with Crippen LogP contribution in [0.5, 0.6) is 0 Å². The summed E-state index contributed by atoms with van der Waals surface area (Å²) in [5, 5.41) is 2.65. The van der Waals surface area contributed by atoms with Crippen molar-refractivity contribution in [2.45, 2.75) is 13.3 Å². The molecule has 1 aromatic carbocycles. The lowest BCUT2D eigenvalue weighted by Crippen LogP contribution is -3.14. The summed E-state index contributed by atoms with van der Waals surface area (Å²) >= 11 is 6.10. The summed E-state index contributed by atoms with van der Waals surface area (Å²) < 4.78 is 5.33. The van der Waals surface area contributed by atoms with Gasteiger partial charge in [-0.25, -0.2) is 9.69 Å². The Hall–Kier alpha value is -2.29. The zero-order valence-electron chi connectivity index (χ0n) is 15.7. The van der Waals surface area contributed by atoms with E-state index < -0.39 is 23.8 Å². The molecule has 150 valence electrons. The molecule has 2 saturated heterocycles. The average molecular weight is 408 g/mol. The van der Waals surface area contributed by atoms with Crippen LogP contribution in [-0.4, -0.2) is 63.5 Å². The molecule has 2 aliphatic heterocycles. The van der Waals surface area contributed by atoms with Gasteiger partial charge in [-0.1, -0.05) is 17.7 Å². The van der Waals surface area contributed by atoms with Crippen molar-refractivity contribution in [1.29, 1.82) is 0 Å². The fourth-order valence-electron chi connectivity index (χ4n) is 3.20. The number of aryl methyl sites for hydroxylation is 1. The van der Waals surface area contributed by atoms with Gasteiger partial charge in [0.25, 0.3) is 5.91 Å². The lowest BCUT2D eigenvalue weighted by molar-refractivity contribution is -0.908. The number of morpholine rings is 1. The summed E-state index contributed by atoms with van der Waals surface area (Å²) in [7, 11) is 0. The molecule has 2 heterocycles. The number of urea groups is 1. The third-order valence-corrected chi connectivity index (χ3v) is 5.29. The van der Waals surface area contributed by atoms with Gasteiger partial charge < -0.3 is 9.64 Å². The minimum atomic E-state index is -1.13. The lowest BCUT2D eigenvalue weighted by atomic mass is 10.1. The summed E-state index contributed by atoms with van der Waals surface area (Å²) in [5.74, 6) is -2.42. The van der Waals surface area contributed by atoms with E-state index in [4.69, 9.17) is 16.3 Å². The van der Waals surface area contributed by atoms with Crippen LogP contribution >= 0.6 is 11.6 Å². The van der Waals surface area contributed by atoms with Crippen LogP contribution in [0.25, 0.3) is 0 Å². The number of ether oxygens (including phenoxy) is 1. The number of hydrogen-bond donors (Lipinski definition) is 2. The SMILES string of the molecule is Cc1ccc(N2C(=O)NC(=O)[C@@H](C=NCCC[NH+]3CCOCC3)C2=O)cc1Cl. The number of imide groups is 2. The maximum Gasteiger partial charge on any atom is 0.335 e. The Kier molecular flexibility index (Phi) is 6.77. The quantitative estimate of drug-likeness (QED) is 0.401. The summed E-state index contributed by atoms with van der Waals surface area (Å²) in [4.78, 5) is 43.7. The Morgan fingerprint density at radius 1 is 1.32 bits per heavy atom. The van der Waals surface area contributed by atoms with E-state index in [0.29, 0.717) is 17.3 Å². The molecule has 2 aliphatic rings. The normalized spacial score (nSPS) is 21.4. The zero-order chi connectivity index (χ0) is 20.1. The molecule has 2 N–H and O–H groups in total. The van der Waals surface area contributed by atoms with Crippen molar-refractivity contribution in [3.63, 3.8) is 0 Å². The fourth-order valence-corrected chi connectivity index (χ4v) is 3.37. The topological polar surface area (TPSA) is 92.5 Å². The highest BCUT2D eigenvalue weighted by Gasteiger charge is 2.40. The van der Waals surface area contributed by atoms with E-state index in [1.54, 1.807) is 12.1 Å². The molecule has 0 bridgehead atoms. The summed E-state index contributed by atoms with van der Waals surface area (Å²) in [6, 6.07) is 4.08. The molecule has 28 heavy (non-hydrogen) atoms. The van der Waals surface area contributed by atoms with Crippen LogP contribution in [0.4, 0.5) is 10.5 Å². The first-order chi connectivity index (χ1) is 13.5. The number of carbonyl (C=O) groups excluding carboxylic acids is 3. The minimum absolute atomic E-state index is 0.319. The van der Waals surface area contributed by atoms with E-state index in [0.717, 1.165) is 49.7 Å². The van der Waals surface area contributed by atoms with Gasteiger partial charge in [-0.15, -0.1) is 0 Å². The fraction of sp³-hybridized carbons (Fsp3) is 0.474. The first-order valence-electron chi connectivity index (χ1n) is 9.33. The smallest absolute Gasteiger partial charge is 0.335 e. The number of nitrogens with one attached hydrogen (secondary N) is 2. The molecule has 0 unspecified atom stereocenters. The van der Waals surface area contributed by atoms with Crippen molar-refractivity contribution in [1.82, 2.24) is 5.32 Å². The van der Waals surface area contributed by atoms with Gasteiger partial charge in [-0.05, 0) is 24.6 Å². The van der Waals surface area contributed by atoms with Crippen LogP contribution in [-0.2, 0) is 14.3 Å². The molecule has 0 radical (unpaired) electrons. The zero-order valence-corrected chi connectivity index (χ0v) is 16.5. The molecule has 9 heteroatoms. The van der Waals surface area contributed by atoms with Gasteiger partial charge in [-0.2, -0.15) is 0 Å². The number of nitrogens with zero attached hydrogens (tertiary/aromatic N) is 2. The monoisotopic (exact) mass is 407 g/mol. The second kappa shape index (κ2) is 9.27. The first-order valence-corrected chi connectivity index (χ1v) is 9.71. The number of amides is 4. The van der Waals surface area contributed by atoms with Crippen molar-refractivity contribution in [3.8, 4) is 0 Å². The second-order valence-corrected chi connectivity index (χ2v) is 7.31. The maximum absolute atomic E-state index is 12.7. The number of quaternary nitrogens is 1. The standard InChI is InChI=1S/C19H23ClN4O4/c1-13-3-4-14(11-16(13)20)24-18(26)15(17(25)22-19(24)27)12-21-5-2-6-23-7-9-28-10-8-23/h3-4,11-12,15H,2,5-10H2,1H3,(H,22,25,27)/p+1/t15-/m1/s1. The highest BCUT2D eigenvalue weighted by atomic mass is 35.5. The number of aliphatic imine (C=N–C) groups is 1. The molecule has 8 nitrogen and oxygen atoms in total. The van der Waals surface area contributed by atoms with Gasteiger partial charge in [0.05, 0.1) is 25.4 Å². The number of rotatable bonds is 6. The van der Waals surface area contributed by atoms with E-state index in [9.17, 15) is 14.4 Å². The molecule has 3 rings (SSSR count). The summed E-state index contributed by atoms with van der Waals surface area (Å²) in [5.41, 5.74) is 1.15. The Balaban J connectivity index is 1.61. The van der Waals surface area contributed by atoms with Crippen molar-refractivity contribution in [3.05, 3.63) is 28.8 Å². The number of anilines is 1. The molecule has 1 aromatic rings. The Morgan fingerprint density at radius 3 is 2.79 bits per heavy atom. The second-order valence-electron chi connectivity index (χ2n) is 6.90. The maximum atomic E-state index is 12.7. The van der Waals surface area contributed by atoms with E-state index in [2.05, 4.69) is 10.3 Å². The Labute approximate surface area is 168 Å². The van der Waals surface area contributed by atoms with Gasteiger partial charge >= 0.3 is 6.03 Å². The summed E-state index contributed by atoms with van der Waals surface area (Å²) in [6.45, 7) is 6.85. The van der Waals surface area contributed by atoms with Crippen LogP contribution in [0.15, 0.2) is 23.2 Å². The van der Waals surface area contributed by atoms with Gasteiger partial charge in [-0.3, -0.25) is 19.9 Å². The minimum Gasteiger partial charge on any atom is -0.370 e. The Bertz CT molecular complexity index is 792. The number of hydrogen-bond acceptors (Lipinski definition) is 5. The Morgan fingerprint density at radius 2 is 2.07 bits per heavy atom. The van der Waals surface area contributed by atoms with Crippen LogP contribution in [0.3, 0.4) is 0 Å². The van der Waals surface area contributed by atoms with Gasteiger partial charge in [0.1, 0.15) is 13.1 Å². The van der Waals surface area contributed by atoms with Crippen molar-refractivity contribution >= 4 is 41.3 Å². The average Bonchev–Trinajstić information content (AvgIpc) is 2.67. The van der Waals surface area contributed by atoms with Gasteiger partial charge in [0, 0.05) is 24.2 Å². The van der Waals surface area contributed by atoms with Gasteiger partial charge in [0.15, 0.2) is 5.92 Å². The predicted octanol–water partition coefficient (Wildman–Crippen LogP) is 0.223. The lowest BCUT2D eigenvalue weighted by Gasteiger charge is -2.28. The molecule has 1 atom stereocenters. The van der Waals surface area contributed by atoms with Crippen molar-refractivity contribution in [2.75, 3.05) is 44.3 Å². The van der Waals surface area contributed by atoms with Crippen LogP contribution in [0, 0.1) is 12.8 Å². The van der Waals surface area contributed by atoms with Crippen molar-refractivity contribution in [2.24, 2.45) is 10.9 Å². The number of barbiturate groups is 1. The van der Waals surface area contributed by atoms with E-state index >= 15 is 0 Å². The number of carbonyl (C=O) groups is 3. The third-order valence-electron chi connectivity index (χ3n) is 4.89. The highest BCUT2D eigenvalue weighted by Crippen LogP contribution is 2.25. The molecule has 0 saturated carbocycles. The van der Waals surface area contributed by atoms with Gasteiger partial charge in [0.2, 0.25) is 5.91 Å². The summed E-state index contributed by atoms with van der Waals surface area (Å²) in [6.07, 6.45) is 2.19. The van der Waals surface area contributed by atoms with Crippen LogP contribution in [0.1, 0.15) is 12.0 Å². The predicted molar refractivity (Wildman–Crippen MR) is 105 cm³/mol. The third kappa shape index (κ3) is 4.76. The number of halogens is 1. The van der Waals surface area contributed by atoms with Crippen LogP contribution < -0.4 is 15.1 Å². The van der Waals surface area contributed by atoms with E-state index in [-0.39, 0.29) is 0 Å². The molecular formula is C19H24ClN4O4+. The van der Waals surface area contributed by atoms with E-state index in [1.165, 1.54) is 17.2 Å². The largest absolute Gasteiger partial charge is 0.370 e.